The molecule has 4 N–H and O–H groups in total. The lowest BCUT2D eigenvalue weighted by atomic mass is 9.99. The summed E-state index contributed by atoms with van der Waals surface area (Å²) < 4.78 is 20.0. The number of benzene rings is 2. The number of carbonyl (C=O) groups is 1. The number of hydrogen-bond donors (Lipinski definition) is 3. The number of nitrogens with one attached hydrogen (secondary N) is 2. The molecule has 160 valence electrons. The molecule has 0 aliphatic carbocycles. The molecule has 0 saturated carbocycles. The zero-order valence-electron chi connectivity index (χ0n) is 17.1. The molecule has 3 aromatic rings. The number of amides is 1. The molecule has 0 saturated heterocycles. The van der Waals surface area contributed by atoms with Gasteiger partial charge in [0.1, 0.15) is 11.6 Å². The largest absolute Gasteiger partial charge is 0.495 e. The van der Waals surface area contributed by atoms with Gasteiger partial charge in [-0.3, -0.25) is 4.79 Å². The number of primary amides is 1. The molecular formula is C21H22FN7O2. The average molecular weight is 423 g/mol. The lowest BCUT2D eigenvalue weighted by molar-refractivity contribution is 0.0995. The second kappa shape index (κ2) is 8.52. The van der Waals surface area contributed by atoms with Crippen LogP contribution in [0.4, 0.5) is 27.5 Å². The predicted octanol–water partition coefficient (Wildman–Crippen LogP) is 2.59. The second-order valence-corrected chi connectivity index (χ2v) is 7.24. The van der Waals surface area contributed by atoms with Crippen LogP contribution in [0.1, 0.15) is 21.6 Å². The van der Waals surface area contributed by atoms with Crippen LogP contribution in [0.15, 0.2) is 36.4 Å². The van der Waals surface area contributed by atoms with Gasteiger partial charge in [-0.05, 0) is 48.9 Å². The SMILES string of the molecule is COc1ccccc1Nc1nc(Nc2cc3c(cc2F)CCN(C)C3)nnc1C(N)=O. The first kappa shape index (κ1) is 20.5. The first-order chi connectivity index (χ1) is 14.9. The summed E-state index contributed by atoms with van der Waals surface area (Å²) in [4.78, 5) is 18.3. The summed E-state index contributed by atoms with van der Waals surface area (Å²) in [5.41, 5.74) is 8.08. The van der Waals surface area contributed by atoms with Crippen LogP contribution < -0.4 is 21.1 Å². The number of nitrogens with zero attached hydrogens (tertiary/aromatic N) is 4. The standard InChI is InChI=1S/C21H22FN7O2/c1-29-8-7-12-9-14(22)16(10-13(12)11-29)25-21-26-20(18(19(23)30)27-28-21)24-15-5-3-4-6-17(15)31-2/h3-6,9-10H,7-8,11H2,1-2H3,(H2,23,30)(H2,24,25,26,28). The van der Waals surface area contributed by atoms with Crippen molar-refractivity contribution in [3.05, 3.63) is 59.0 Å². The van der Waals surface area contributed by atoms with E-state index >= 15 is 0 Å². The van der Waals surface area contributed by atoms with Crippen molar-refractivity contribution in [2.75, 3.05) is 31.3 Å². The number of methoxy groups -OCH3 is 1. The van der Waals surface area contributed by atoms with Crippen molar-refractivity contribution in [1.29, 1.82) is 0 Å². The molecule has 9 nitrogen and oxygen atoms in total. The predicted molar refractivity (Wildman–Crippen MR) is 114 cm³/mol. The second-order valence-electron chi connectivity index (χ2n) is 7.24. The molecule has 1 aliphatic rings. The van der Waals surface area contributed by atoms with Crippen LogP contribution in [0.25, 0.3) is 0 Å². The maximum Gasteiger partial charge on any atom is 0.273 e. The Hall–Kier alpha value is -3.79. The third kappa shape index (κ3) is 4.38. The van der Waals surface area contributed by atoms with Gasteiger partial charge < -0.3 is 26.0 Å². The Balaban J connectivity index is 1.66. The van der Waals surface area contributed by atoms with Gasteiger partial charge >= 0.3 is 0 Å². The van der Waals surface area contributed by atoms with E-state index < -0.39 is 11.7 Å². The number of aromatic nitrogens is 3. The molecule has 0 bridgehead atoms. The van der Waals surface area contributed by atoms with Gasteiger partial charge in [0.05, 0.1) is 18.5 Å². The van der Waals surface area contributed by atoms with E-state index in [2.05, 4.69) is 30.7 Å². The summed E-state index contributed by atoms with van der Waals surface area (Å²) >= 11 is 0. The lowest BCUT2D eigenvalue weighted by Crippen LogP contribution is -2.26. The minimum Gasteiger partial charge on any atom is -0.495 e. The third-order valence-electron chi connectivity index (χ3n) is 5.02. The quantitative estimate of drug-likeness (QED) is 0.554. The molecule has 1 amide bonds. The van der Waals surface area contributed by atoms with Gasteiger partial charge in [0.25, 0.3) is 5.91 Å². The summed E-state index contributed by atoms with van der Waals surface area (Å²) in [6.07, 6.45) is 0.793. The maximum absolute atomic E-state index is 14.7. The van der Waals surface area contributed by atoms with E-state index in [0.29, 0.717) is 11.4 Å². The highest BCUT2D eigenvalue weighted by Crippen LogP contribution is 2.29. The fourth-order valence-corrected chi connectivity index (χ4v) is 3.44. The smallest absolute Gasteiger partial charge is 0.273 e. The number of likely N-dealkylation sites (N-methyl/N-ethyl adjacent to an activating group) is 1. The van der Waals surface area contributed by atoms with E-state index in [0.717, 1.165) is 30.6 Å². The van der Waals surface area contributed by atoms with Crippen molar-refractivity contribution in [3.8, 4) is 5.75 Å². The van der Waals surface area contributed by atoms with Crippen molar-refractivity contribution in [2.45, 2.75) is 13.0 Å². The van der Waals surface area contributed by atoms with Crippen LogP contribution in [0.5, 0.6) is 5.75 Å². The van der Waals surface area contributed by atoms with Crippen LogP contribution in [0.2, 0.25) is 0 Å². The molecule has 4 rings (SSSR count). The highest BCUT2D eigenvalue weighted by molar-refractivity contribution is 5.96. The minimum atomic E-state index is -0.799. The Labute approximate surface area is 178 Å². The van der Waals surface area contributed by atoms with Crippen molar-refractivity contribution in [1.82, 2.24) is 20.1 Å². The highest BCUT2D eigenvalue weighted by atomic mass is 19.1. The summed E-state index contributed by atoms with van der Waals surface area (Å²) in [7, 11) is 3.54. The molecule has 2 heterocycles. The number of hydrogen-bond acceptors (Lipinski definition) is 8. The fourth-order valence-electron chi connectivity index (χ4n) is 3.44. The van der Waals surface area contributed by atoms with Crippen molar-refractivity contribution in [3.63, 3.8) is 0 Å². The number of anilines is 4. The summed E-state index contributed by atoms with van der Waals surface area (Å²) in [5, 5.41) is 13.6. The molecule has 0 unspecified atom stereocenters. The van der Waals surface area contributed by atoms with Gasteiger partial charge in [0, 0.05) is 13.1 Å². The summed E-state index contributed by atoms with van der Waals surface area (Å²) in [6.45, 7) is 1.61. The van der Waals surface area contributed by atoms with Gasteiger partial charge in [0.15, 0.2) is 11.5 Å². The number of fused-ring (bicyclic) bond motifs is 1. The Kier molecular flexibility index (Phi) is 5.63. The van der Waals surface area contributed by atoms with Crippen LogP contribution in [-0.4, -0.2) is 46.7 Å². The summed E-state index contributed by atoms with van der Waals surface area (Å²) in [6, 6.07) is 10.4. The zero-order chi connectivity index (χ0) is 22.0. The Bertz CT molecular complexity index is 1140. The number of nitrogens with two attached hydrogens (primary N) is 1. The van der Waals surface area contributed by atoms with E-state index in [4.69, 9.17) is 10.5 Å². The molecule has 31 heavy (non-hydrogen) atoms. The molecule has 0 fully saturated rings. The number of halogens is 1. The van der Waals surface area contributed by atoms with Gasteiger partial charge in [-0.25, -0.2) is 4.39 Å². The van der Waals surface area contributed by atoms with Gasteiger partial charge in [-0.1, -0.05) is 12.1 Å². The average Bonchev–Trinajstić information content (AvgIpc) is 2.75. The van der Waals surface area contributed by atoms with Crippen LogP contribution >= 0.6 is 0 Å². The number of para-hydroxylation sites is 2. The lowest BCUT2D eigenvalue weighted by Gasteiger charge is -2.25. The zero-order valence-corrected chi connectivity index (χ0v) is 17.1. The first-order valence-corrected chi connectivity index (χ1v) is 9.66. The van der Waals surface area contributed by atoms with Crippen LogP contribution in [0.3, 0.4) is 0 Å². The number of carbonyl (C=O) groups excluding carboxylic acids is 1. The van der Waals surface area contributed by atoms with Gasteiger partial charge in [-0.2, -0.15) is 4.98 Å². The topological polar surface area (TPSA) is 118 Å². The minimum absolute atomic E-state index is 0.0189. The monoisotopic (exact) mass is 423 g/mol. The van der Waals surface area contributed by atoms with Gasteiger partial charge in [0.2, 0.25) is 5.95 Å². The molecule has 2 aromatic carbocycles. The van der Waals surface area contributed by atoms with E-state index in [-0.39, 0.29) is 23.1 Å². The highest BCUT2D eigenvalue weighted by Gasteiger charge is 2.19. The Morgan fingerprint density at radius 1 is 1.16 bits per heavy atom. The Morgan fingerprint density at radius 2 is 1.97 bits per heavy atom. The van der Waals surface area contributed by atoms with Crippen LogP contribution in [0, 0.1) is 5.82 Å². The molecule has 1 aromatic heterocycles. The fraction of sp³-hybridized carbons (Fsp3) is 0.238. The molecule has 0 radical (unpaired) electrons. The van der Waals surface area contributed by atoms with E-state index in [1.165, 1.54) is 13.2 Å². The molecule has 1 aliphatic heterocycles. The molecule has 0 atom stereocenters. The van der Waals surface area contributed by atoms with Gasteiger partial charge in [-0.15, -0.1) is 10.2 Å². The van der Waals surface area contributed by atoms with Crippen molar-refractivity contribution in [2.24, 2.45) is 5.73 Å². The first-order valence-electron chi connectivity index (χ1n) is 9.66. The van der Waals surface area contributed by atoms with Crippen LogP contribution in [-0.2, 0) is 13.0 Å². The molecular weight excluding hydrogens is 401 g/mol. The number of rotatable bonds is 6. The van der Waals surface area contributed by atoms with Crippen molar-refractivity contribution < 1.29 is 13.9 Å². The normalized spacial score (nSPS) is 13.4. The molecule has 0 spiro atoms. The molecule has 10 heteroatoms. The van der Waals surface area contributed by atoms with E-state index in [1.54, 1.807) is 30.3 Å². The Morgan fingerprint density at radius 3 is 2.74 bits per heavy atom. The maximum atomic E-state index is 14.7. The van der Waals surface area contributed by atoms with Crippen molar-refractivity contribution >= 4 is 29.0 Å². The third-order valence-corrected chi connectivity index (χ3v) is 5.02. The number of ether oxygens (including phenoxy) is 1. The van der Waals surface area contributed by atoms with E-state index in [9.17, 15) is 9.18 Å². The summed E-state index contributed by atoms with van der Waals surface area (Å²) in [5.74, 6) is -0.578. The van der Waals surface area contributed by atoms with E-state index in [1.807, 2.05) is 7.05 Å².